The Hall–Kier alpha value is -1.68. The molecule has 2 aromatic rings. The van der Waals surface area contributed by atoms with Crippen LogP contribution >= 0.6 is 0 Å². The number of furan rings is 1. The second-order valence-corrected chi connectivity index (χ2v) is 4.79. The van der Waals surface area contributed by atoms with E-state index in [0.29, 0.717) is 16.7 Å². The van der Waals surface area contributed by atoms with Gasteiger partial charge in [-0.25, -0.2) is 4.39 Å². The largest absolute Gasteiger partial charge is 0.453 e. The van der Waals surface area contributed by atoms with Crippen LogP contribution < -0.4 is 5.32 Å². The highest BCUT2D eigenvalue weighted by Gasteiger charge is 2.21. The fourth-order valence-electron chi connectivity index (χ4n) is 1.95. The molecule has 3 rings (SSSR count). The predicted octanol–water partition coefficient (Wildman–Crippen LogP) is 2.75. The minimum absolute atomic E-state index is 0.0905. The predicted molar refractivity (Wildman–Crippen MR) is 66.1 cm³/mol. The van der Waals surface area contributed by atoms with Gasteiger partial charge in [-0.15, -0.1) is 0 Å². The highest BCUT2D eigenvalue weighted by Crippen LogP contribution is 2.27. The van der Waals surface area contributed by atoms with Crippen molar-refractivity contribution in [3.63, 3.8) is 0 Å². The maximum Gasteiger partial charge on any atom is 0.211 e. The SMILES string of the molecule is O=C(CNCC1CC1)c1cc2cc(F)ccc2o1. The van der Waals surface area contributed by atoms with Gasteiger partial charge in [0.05, 0.1) is 6.54 Å². The molecular formula is C14H14FNO2. The van der Waals surface area contributed by atoms with Gasteiger partial charge in [0, 0.05) is 5.39 Å². The van der Waals surface area contributed by atoms with Crippen LogP contribution in [0.5, 0.6) is 0 Å². The molecule has 0 saturated heterocycles. The molecule has 0 bridgehead atoms. The van der Waals surface area contributed by atoms with E-state index >= 15 is 0 Å². The molecule has 1 aromatic heterocycles. The minimum Gasteiger partial charge on any atom is -0.453 e. The molecule has 1 saturated carbocycles. The summed E-state index contributed by atoms with van der Waals surface area (Å²) in [6.45, 7) is 1.17. The zero-order valence-corrected chi connectivity index (χ0v) is 9.91. The minimum atomic E-state index is -0.325. The molecular weight excluding hydrogens is 233 g/mol. The van der Waals surface area contributed by atoms with Crippen molar-refractivity contribution in [3.05, 3.63) is 35.8 Å². The fraction of sp³-hybridized carbons (Fsp3) is 0.357. The molecule has 0 spiro atoms. The molecule has 0 atom stereocenters. The smallest absolute Gasteiger partial charge is 0.211 e. The van der Waals surface area contributed by atoms with Gasteiger partial charge in [-0.05, 0) is 49.6 Å². The van der Waals surface area contributed by atoms with Crippen molar-refractivity contribution in [1.82, 2.24) is 5.32 Å². The van der Waals surface area contributed by atoms with Crippen LogP contribution in [0.4, 0.5) is 4.39 Å². The lowest BCUT2D eigenvalue weighted by atomic mass is 10.2. The van der Waals surface area contributed by atoms with Crippen LogP contribution in [0.1, 0.15) is 23.4 Å². The summed E-state index contributed by atoms with van der Waals surface area (Å²) >= 11 is 0. The Bertz CT molecular complexity index is 586. The third-order valence-corrected chi connectivity index (χ3v) is 3.17. The van der Waals surface area contributed by atoms with Gasteiger partial charge < -0.3 is 9.73 Å². The molecule has 18 heavy (non-hydrogen) atoms. The molecule has 0 radical (unpaired) electrons. The van der Waals surface area contributed by atoms with Gasteiger partial charge in [0.2, 0.25) is 5.78 Å². The van der Waals surface area contributed by atoms with Gasteiger partial charge >= 0.3 is 0 Å². The third kappa shape index (κ3) is 2.43. The van der Waals surface area contributed by atoms with Crippen LogP contribution in [0.2, 0.25) is 0 Å². The quantitative estimate of drug-likeness (QED) is 0.826. The van der Waals surface area contributed by atoms with E-state index in [1.807, 2.05) is 0 Å². The molecule has 1 aromatic carbocycles. The van der Waals surface area contributed by atoms with Gasteiger partial charge in [-0.3, -0.25) is 4.79 Å². The molecule has 1 heterocycles. The van der Waals surface area contributed by atoms with Gasteiger partial charge in [-0.2, -0.15) is 0 Å². The Balaban J connectivity index is 1.70. The average Bonchev–Trinajstić information content (AvgIpc) is 3.06. The van der Waals surface area contributed by atoms with E-state index in [0.717, 1.165) is 12.5 Å². The van der Waals surface area contributed by atoms with E-state index in [9.17, 15) is 9.18 Å². The third-order valence-electron chi connectivity index (χ3n) is 3.17. The number of nitrogens with one attached hydrogen (secondary N) is 1. The number of halogens is 1. The molecule has 0 amide bonds. The van der Waals surface area contributed by atoms with Crippen molar-refractivity contribution in [2.45, 2.75) is 12.8 Å². The Morgan fingerprint density at radius 2 is 2.22 bits per heavy atom. The first-order chi connectivity index (χ1) is 8.72. The molecule has 0 aliphatic heterocycles. The molecule has 1 N–H and O–H groups in total. The maximum atomic E-state index is 13.0. The van der Waals surface area contributed by atoms with Crippen LogP contribution in [0.3, 0.4) is 0 Å². The molecule has 0 unspecified atom stereocenters. The Labute approximate surface area is 104 Å². The fourth-order valence-corrected chi connectivity index (χ4v) is 1.95. The number of carbonyl (C=O) groups is 1. The standard InChI is InChI=1S/C14H14FNO2/c15-11-3-4-13-10(5-11)6-14(18-13)12(17)8-16-7-9-1-2-9/h3-6,9,16H,1-2,7-8H2. The Morgan fingerprint density at radius 1 is 1.39 bits per heavy atom. The highest BCUT2D eigenvalue weighted by molar-refractivity contribution is 5.98. The lowest BCUT2D eigenvalue weighted by Gasteiger charge is -1.99. The molecule has 94 valence electrons. The van der Waals surface area contributed by atoms with Crippen molar-refractivity contribution >= 4 is 16.8 Å². The van der Waals surface area contributed by atoms with Crippen LogP contribution in [0.25, 0.3) is 11.0 Å². The first-order valence-electron chi connectivity index (χ1n) is 6.15. The number of hydrogen-bond acceptors (Lipinski definition) is 3. The summed E-state index contributed by atoms with van der Waals surface area (Å²) in [6.07, 6.45) is 2.51. The number of carbonyl (C=O) groups excluding carboxylic acids is 1. The Kier molecular flexibility index (Phi) is 2.88. The van der Waals surface area contributed by atoms with Crippen LogP contribution in [-0.4, -0.2) is 18.9 Å². The van der Waals surface area contributed by atoms with Crippen LogP contribution in [-0.2, 0) is 0 Å². The molecule has 3 nitrogen and oxygen atoms in total. The number of Topliss-reactive ketones (excluding diaryl/α,β-unsaturated/α-hetero) is 1. The summed E-state index contributed by atoms with van der Waals surface area (Å²) in [7, 11) is 0. The van der Waals surface area contributed by atoms with Crippen LogP contribution in [0.15, 0.2) is 28.7 Å². The van der Waals surface area contributed by atoms with Crippen molar-refractivity contribution in [3.8, 4) is 0 Å². The summed E-state index contributed by atoms with van der Waals surface area (Å²) < 4.78 is 18.4. The Morgan fingerprint density at radius 3 is 3.00 bits per heavy atom. The summed E-state index contributed by atoms with van der Waals surface area (Å²) in [4.78, 5) is 11.9. The number of ketones is 1. The van der Waals surface area contributed by atoms with Crippen molar-refractivity contribution in [2.75, 3.05) is 13.1 Å². The van der Waals surface area contributed by atoms with Crippen molar-refractivity contribution in [1.29, 1.82) is 0 Å². The zero-order valence-electron chi connectivity index (χ0n) is 9.91. The van der Waals surface area contributed by atoms with E-state index in [-0.39, 0.29) is 18.1 Å². The summed E-state index contributed by atoms with van der Waals surface area (Å²) in [5.41, 5.74) is 0.543. The number of fused-ring (bicyclic) bond motifs is 1. The normalized spacial score (nSPS) is 15.2. The second kappa shape index (κ2) is 4.53. The average molecular weight is 247 g/mol. The first kappa shape index (κ1) is 11.4. The summed E-state index contributed by atoms with van der Waals surface area (Å²) in [5.74, 6) is 0.614. The second-order valence-electron chi connectivity index (χ2n) is 4.79. The van der Waals surface area contributed by atoms with E-state index in [1.165, 1.54) is 25.0 Å². The lowest BCUT2D eigenvalue weighted by molar-refractivity contribution is 0.0966. The van der Waals surface area contributed by atoms with E-state index < -0.39 is 0 Å². The summed E-state index contributed by atoms with van der Waals surface area (Å²) in [6, 6.07) is 5.83. The van der Waals surface area contributed by atoms with E-state index in [2.05, 4.69) is 5.32 Å². The first-order valence-corrected chi connectivity index (χ1v) is 6.15. The maximum absolute atomic E-state index is 13.0. The molecule has 1 aliphatic rings. The van der Waals surface area contributed by atoms with Gasteiger partial charge in [-0.1, -0.05) is 0 Å². The number of hydrogen-bond donors (Lipinski definition) is 1. The molecule has 4 heteroatoms. The monoisotopic (exact) mass is 247 g/mol. The van der Waals surface area contributed by atoms with Gasteiger partial charge in [0.15, 0.2) is 5.76 Å². The van der Waals surface area contributed by atoms with Crippen molar-refractivity contribution < 1.29 is 13.6 Å². The highest BCUT2D eigenvalue weighted by atomic mass is 19.1. The zero-order chi connectivity index (χ0) is 12.5. The molecule has 1 fully saturated rings. The molecule has 1 aliphatic carbocycles. The number of rotatable bonds is 5. The van der Waals surface area contributed by atoms with Crippen molar-refractivity contribution in [2.24, 2.45) is 5.92 Å². The van der Waals surface area contributed by atoms with E-state index in [4.69, 9.17) is 4.42 Å². The van der Waals surface area contributed by atoms with E-state index in [1.54, 1.807) is 12.1 Å². The number of benzene rings is 1. The van der Waals surface area contributed by atoms with Gasteiger partial charge in [0.25, 0.3) is 0 Å². The lowest BCUT2D eigenvalue weighted by Crippen LogP contribution is -2.24. The van der Waals surface area contributed by atoms with Gasteiger partial charge in [0.1, 0.15) is 11.4 Å². The van der Waals surface area contributed by atoms with Crippen LogP contribution in [0, 0.1) is 11.7 Å². The topological polar surface area (TPSA) is 42.2 Å². The summed E-state index contributed by atoms with van der Waals surface area (Å²) in [5, 5.41) is 3.74.